The molecular weight excluding hydrogens is 182 g/mol. The Morgan fingerprint density at radius 2 is 2.00 bits per heavy atom. The van der Waals surface area contributed by atoms with Crippen LogP contribution in [0.25, 0.3) is 0 Å². The number of para-hydroxylation sites is 1. The van der Waals surface area contributed by atoms with Crippen molar-refractivity contribution in [3.63, 3.8) is 0 Å². The van der Waals surface area contributed by atoms with E-state index in [1.54, 1.807) is 19.2 Å². The van der Waals surface area contributed by atoms with Crippen molar-refractivity contribution in [2.24, 2.45) is 0 Å². The van der Waals surface area contributed by atoms with Crippen LogP contribution in [-0.4, -0.2) is 35.9 Å². The first-order valence-electron chi connectivity index (χ1n) is 4.28. The number of rotatable bonds is 4. The number of carboxylic acid groups (broad SMARTS) is 1. The second-order valence-corrected chi connectivity index (χ2v) is 2.98. The van der Waals surface area contributed by atoms with Crippen LogP contribution in [0, 0.1) is 0 Å². The Morgan fingerprint density at radius 1 is 1.43 bits per heavy atom. The lowest BCUT2D eigenvalue weighted by Gasteiger charge is -2.24. The van der Waals surface area contributed by atoms with Crippen molar-refractivity contribution in [1.82, 2.24) is 0 Å². The fraction of sp³-hybridized carbons (Fsp3) is 0.300. The predicted molar refractivity (Wildman–Crippen MR) is 53.4 cm³/mol. The van der Waals surface area contributed by atoms with E-state index in [-0.39, 0.29) is 0 Å². The zero-order valence-corrected chi connectivity index (χ0v) is 7.92. The van der Waals surface area contributed by atoms with E-state index in [1.807, 2.05) is 18.2 Å². The van der Waals surface area contributed by atoms with Gasteiger partial charge in [-0.05, 0) is 12.1 Å². The minimum absolute atomic E-state index is 0.402. The average Bonchev–Trinajstić information content (AvgIpc) is 2.19. The number of carbonyl (C=O) groups is 1. The predicted octanol–water partition coefficient (Wildman–Crippen LogP) is 0.568. The zero-order chi connectivity index (χ0) is 10.6. The van der Waals surface area contributed by atoms with Gasteiger partial charge in [0, 0.05) is 12.7 Å². The molecule has 1 aromatic rings. The maximum absolute atomic E-state index is 10.7. The van der Waals surface area contributed by atoms with Gasteiger partial charge in [-0.25, -0.2) is 4.79 Å². The molecule has 0 aliphatic carbocycles. The second-order valence-electron chi connectivity index (χ2n) is 2.98. The molecule has 0 spiro atoms. The van der Waals surface area contributed by atoms with Gasteiger partial charge in [-0.15, -0.1) is 0 Å². The summed E-state index contributed by atoms with van der Waals surface area (Å²) in [4.78, 5) is 12.3. The molecule has 0 fully saturated rings. The van der Waals surface area contributed by atoms with Gasteiger partial charge < -0.3 is 15.1 Å². The van der Waals surface area contributed by atoms with Crippen molar-refractivity contribution < 1.29 is 15.0 Å². The smallest absolute Gasteiger partial charge is 0.328 e. The highest BCUT2D eigenvalue weighted by Crippen LogP contribution is 2.13. The number of aliphatic carboxylic acids is 1. The maximum Gasteiger partial charge on any atom is 0.328 e. The standard InChI is InChI=1S/C10H13NO3/c1-11(9(7-12)10(13)14)8-5-3-2-4-6-8/h2-6,9,12H,7H2,1H3,(H,13,14)/t9-/m0/s1. The van der Waals surface area contributed by atoms with Gasteiger partial charge in [0.25, 0.3) is 0 Å². The van der Waals surface area contributed by atoms with Gasteiger partial charge in [0.05, 0.1) is 6.61 Å². The van der Waals surface area contributed by atoms with Crippen LogP contribution in [0.1, 0.15) is 0 Å². The lowest BCUT2D eigenvalue weighted by molar-refractivity contribution is -0.139. The monoisotopic (exact) mass is 195 g/mol. The van der Waals surface area contributed by atoms with Gasteiger partial charge in [-0.2, -0.15) is 0 Å². The fourth-order valence-electron chi connectivity index (χ4n) is 1.21. The first-order valence-corrected chi connectivity index (χ1v) is 4.28. The fourth-order valence-corrected chi connectivity index (χ4v) is 1.21. The van der Waals surface area contributed by atoms with Crippen LogP contribution in [0.5, 0.6) is 0 Å². The van der Waals surface area contributed by atoms with E-state index in [9.17, 15) is 4.79 Å². The largest absolute Gasteiger partial charge is 0.480 e. The Morgan fingerprint density at radius 3 is 2.43 bits per heavy atom. The summed E-state index contributed by atoms with van der Waals surface area (Å²) in [5, 5.41) is 17.7. The van der Waals surface area contributed by atoms with Gasteiger partial charge in [0.2, 0.25) is 0 Å². The molecule has 0 saturated carbocycles. The molecule has 0 heterocycles. The third kappa shape index (κ3) is 2.23. The van der Waals surface area contributed by atoms with Crippen LogP contribution in [0.2, 0.25) is 0 Å². The van der Waals surface area contributed by atoms with Crippen molar-refractivity contribution in [1.29, 1.82) is 0 Å². The molecule has 14 heavy (non-hydrogen) atoms. The van der Waals surface area contributed by atoms with Crippen LogP contribution in [-0.2, 0) is 4.79 Å². The first kappa shape index (κ1) is 10.5. The molecule has 0 amide bonds. The summed E-state index contributed by atoms with van der Waals surface area (Å²) in [7, 11) is 1.64. The summed E-state index contributed by atoms with van der Waals surface area (Å²) in [6.45, 7) is -0.402. The van der Waals surface area contributed by atoms with Gasteiger partial charge in [0.1, 0.15) is 6.04 Å². The number of likely N-dealkylation sites (N-methyl/N-ethyl adjacent to an activating group) is 1. The van der Waals surface area contributed by atoms with Gasteiger partial charge in [-0.1, -0.05) is 18.2 Å². The molecule has 0 bridgehead atoms. The average molecular weight is 195 g/mol. The Labute approximate surface area is 82.4 Å². The normalized spacial score (nSPS) is 12.1. The molecule has 0 saturated heterocycles. The molecule has 0 unspecified atom stereocenters. The SMILES string of the molecule is CN(c1ccccc1)[C@@H](CO)C(=O)O. The second kappa shape index (κ2) is 4.62. The van der Waals surface area contributed by atoms with Gasteiger partial charge >= 0.3 is 5.97 Å². The highest BCUT2D eigenvalue weighted by atomic mass is 16.4. The molecule has 1 atom stereocenters. The molecule has 0 radical (unpaired) electrons. The van der Waals surface area contributed by atoms with Crippen LogP contribution < -0.4 is 4.90 Å². The molecule has 0 aliphatic heterocycles. The summed E-state index contributed by atoms with van der Waals surface area (Å²) < 4.78 is 0. The number of anilines is 1. The Hall–Kier alpha value is -1.55. The number of nitrogens with zero attached hydrogens (tertiary/aromatic N) is 1. The lowest BCUT2D eigenvalue weighted by Crippen LogP contribution is -2.41. The van der Waals surface area contributed by atoms with Crippen LogP contribution >= 0.6 is 0 Å². The van der Waals surface area contributed by atoms with Crippen LogP contribution in [0.15, 0.2) is 30.3 Å². The third-order valence-electron chi connectivity index (χ3n) is 2.09. The summed E-state index contributed by atoms with van der Waals surface area (Å²) in [5.74, 6) is -1.03. The molecule has 2 N–H and O–H groups in total. The van der Waals surface area contributed by atoms with E-state index >= 15 is 0 Å². The highest BCUT2D eigenvalue weighted by molar-refractivity contribution is 5.78. The number of benzene rings is 1. The minimum atomic E-state index is -1.03. The lowest BCUT2D eigenvalue weighted by atomic mass is 10.2. The van der Waals surface area contributed by atoms with Crippen molar-refractivity contribution in [3.05, 3.63) is 30.3 Å². The Kier molecular flexibility index (Phi) is 3.48. The molecule has 0 aliphatic rings. The van der Waals surface area contributed by atoms with Gasteiger partial charge in [-0.3, -0.25) is 0 Å². The molecule has 4 nitrogen and oxygen atoms in total. The number of aliphatic hydroxyl groups excluding tert-OH is 1. The zero-order valence-electron chi connectivity index (χ0n) is 7.92. The van der Waals surface area contributed by atoms with E-state index < -0.39 is 18.6 Å². The van der Waals surface area contributed by atoms with Crippen molar-refractivity contribution in [3.8, 4) is 0 Å². The molecule has 1 rings (SSSR count). The Bertz CT molecular complexity index is 299. The number of aliphatic hydroxyl groups is 1. The van der Waals surface area contributed by atoms with E-state index in [0.29, 0.717) is 0 Å². The van der Waals surface area contributed by atoms with E-state index in [2.05, 4.69) is 0 Å². The van der Waals surface area contributed by atoms with E-state index in [4.69, 9.17) is 10.2 Å². The maximum atomic E-state index is 10.7. The first-order chi connectivity index (χ1) is 6.66. The van der Waals surface area contributed by atoms with Crippen molar-refractivity contribution in [2.75, 3.05) is 18.6 Å². The molecule has 76 valence electrons. The Balaban J connectivity index is 2.83. The van der Waals surface area contributed by atoms with Crippen LogP contribution in [0.4, 0.5) is 5.69 Å². The highest BCUT2D eigenvalue weighted by Gasteiger charge is 2.21. The molecule has 4 heteroatoms. The molecule has 0 aromatic heterocycles. The van der Waals surface area contributed by atoms with Gasteiger partial charge in [0.15, 0.2) is 0 Å². The summed E-state index contributed by atoms with van der Waals surface area (Å²) in [6, 6.07) is 8.20. The van der Waals surface area contributed by atoms with Crippen LogP contribution in [0.3, 0.4) is 0 Å². The number of carboxylic acids is 1. The topological polar surface area (TPSA) is 60.8 Å². The summed E-state index contributed by atoms with van der Waals surface area (Å²) in [6.07, 6.45) is 0. The summed E-state index contributed by atoms with van der Waals surface area (Å²) >= 11 is 0. The molecule has 1 aromatic carbocycles. The third-order valence-corrected chi connectivity index (χ3v) is 2.09. The van der Waals surface area contributed by atoms with E-state index in [0.717, 1.165) is 5.69 Å². The quantitative estimate of drug-likeness (QED) is 0.737. The summed E-state index contributed by atoms with van der Waals surface area (Å²) in [5.41, 5.74) is 0.772. The number of hydrogen-bond donors (Lipinski definition) is 2. The van der Waals surface area contributed by atoms with E-state index in [1.165, 1.54) is 4.90 Å². The minimum Gasteiger partial charge on any atom is -0.480 e. The van der Waals surface area contributed by atoms with Crippen molar-refractivity contribution in [2.45, 2.75) is 6.04 Å². The number of hydrogen-bond acceptors (Lipinski definition) is 3. The molecular formula is C10H13NO3. The van der Waals surface area contributed by atoms with Crippen molar-refractivity contribution >= 4 is 11.7 Å².